The van der Waals surface area contributed by atoms with Crippen LogP contribution in [0.5, 0.6) is 5.75 Å². The van der Waals surface area contributed by atoms with Gasteiger partial charge in [-0.05, 0) is 32.0 Å². The summed E-state index contributed by atoms with van der Waals surface area (Å²) in [5.41, 5.74) is 0.320. The first kappa shape index (κ1) is 20.0. The molecule has 1 atom stereocenters. The van der Waals surface area contributed by atoms with E-state index in [0.717, 1.165) is 0 Å². The van der Waals surface area contributed by atoms with Crippen molar-refractivity contribution in [3.63, 3.8) is 0 Å². The largest absolute Gasteiger partial charge is 0.482 e. The zero-order chi connectivity index (χ0) is 18.3. The molecule has 0 saturated carbocycles. The highest BCUT2D eigenvalue weighted by molar-refractivity contribution is 7.91. The van der Waals surface area contributed by atoms with E-state index >= 15 is 0 Å². The van der Waals surface area contributed by atoms with E-state index in [9.17, 15) is 18.0 Å². The third-order valence-electron chi connectivity index (χ3n) is 3.51. The lowest BCUT2D eigenvalue weighted by Gasteiger charge is -2.28. The molecule has 1 aromatic rings. The highest BCUT2D eigenvalue weighted by atomic mass is 32.2. The van der Waals surface area contributed by atoms with E-state index in [1.807, 2.05) is 0 Å². The highest BCUT2D eigenvalue weighted by Gasteiger charge is 2.24. The molecule has 0 heterocycles. The number of hydrogen-bond acceptors (Lipinski definition) is 5. The summed E-state index contributed by atoms with van der Waals surface area (Å²) >= 11 is 0. The number of rotatable bonds is 9. The minimum absolute atomic E-state index is 0.0294. The summed E-state index contributed by atoms with van der Waals surface area (Å²) in [5.74, 6) is -1.23. The first-order valence-corrected chi connectivity index (χ1v) is 9.48. The zero-order valence-corrected chi connectivity index (χ0v) is 14.9. The molecule has 1 aromatic carbocycles. The van der Waals surface area contributed by atoms with Gasteiger partial charge < -0.3 is 14.7 Å². The number of carboxylic acids is 1. The summed E-state index contributed by atoms with van der Waals surface area (Å²) in [7, 11) is -3.20. The minimum atomic E-state index is -3.20. The smallest absolute Gasteiger partial charge is 0.341 e. The summed E-state index contributed by atoms with van der Waals surface area (Å²) in [4.78, 5) is 24.7. The van der Waals surface area contributed by atoms with Crippen LogP contribution in [0.2, 0.25) is 0 Å². The second kappa shape index (κ2) is 8.68. The van der Waals surface area contributed by atoms with Crippen molar-refractivity contribution in [1.29, 1.82) is 0 Å². The SMILES string of the molecule is CCN(C(=O)c1cccc(OCC(=O)O)c1)C(C)CS(=O)(=O)CC. The molecule has 134 valence electrons. The molecule has 1 unspecified atom stereocenters. The van der Waals surface area contributed by atoms with E-state index in [1.54, 1.807) is 39.0 Å². The third-order valence-corrected chi connectivity index (χ3v) is 5.38. The van der Waals surface area contributed by atoms with Crippen LogP contribution in [0.1, 0.15) is 31.1 Å². The fourth-order valence-corrected chi connectivity index (χ4v) is 3.41. The minimum Gasteiger partial charge on any atom is -0.482 e. The molecule has 24 heavy (non-hydrogen) atoms. The molecular formula is C16H23NO6S. The molecule has 1 amide bonds. The summed E-state index contributed by atoms with van der Waals surface area (Å²) < 4.78 is 28.6. The molecule has 0 aliphatic carbocycles. The number of benzene rings is 1. The van der Waals surface area contributed by atoms with Crippen molar-refractivity contribution in [3.05, 3.63) is 29.8 Å². The standard InChI is InChI=1S/C16H23NO6S/c1-4-17(12(3)11-24(21,22)5-2)16(20)13-7-6-8-14(9-13)23-10-15(18)19/h6-9,12H,4-5,10-11H2,1-3H3,(H,18,19). The Kier molecular flexibility index (Phi) is 7.21. The Morgan fingerprint density at radius 1 is 1.29 bits per heavy atom. The number of sulfone groups is 1. The van der Waals surface area contributed by atoms with Crippen LogP contribution in [-0.2, 0) is 14.6 Å². The molecule has 0 aliphatic heterocycles. The lowest BCUT2D eigenvalue weighted by molar-refractivity contribution is -0.139. The molecule has 1 N–H and O–H groups in total. The van der Waals surface area contributed by atoms with Crippen molar-refractivity contribution in [1.82, 2.24) is 4.90 Å². The predicted octanol–water partition coefficient (Wildman–Crippen LogP) is 1.44. The first-order valence-electron chi connectivity index (χ1n) is 7.66. The maximum Gasteiger partial charge on any atom is 0.341 e. The van der Waals surface area contributed by atoms with Gasteiger partial charge >= 0.3 is 5.97 Å². The van der Waals surface area contributed by atoms with Gasteiger partial charge in [-0.1, -0.05) is 13.0 Å². The molecule has 8 heteroatoms. The van der Waals surface area contributed by atoms with Crippen LogP contribution in [0, 0.1) is 0 Å². The number of hydrogen-bond donors (Lipinski definition) is 1. The van der Waals surface area contributed by atoms with Gasteiger partial charge in [-0.2, -0.15) is 0 Å². The molecule has 0 saturated heterocycles. The predicted molar refractivity (Wildman–Crippen MR) is 90.1 cm³/mol. The second-order valence-electron chi connectivity index (χ2n) is 5.35. The average molecular weight is 357 g/mol. The molecule has 1 rings (SSSR count). The number of carbonyl (C=O) groups is 2. The van der Waals surface area contributed by atoms with E-state index in [-0.39, 0.29) is 23.2 Å². The summed E-state index contributed by atoms with van der Waals surface area (Å²) in [6, 6.07) is 5.72. The number of carbonyl (C=O) groups excluding carboxylic acids is 1. The fraction of sp³-hybridized carbons (Fsp3) is 0.500. The van der Waals surface area contributed by atoms with E-state index in [1.165, 1.54) is 11.0 Å². The Hall–Kier alpha value is -2.09. The van der Waals surface area contributed by atoms with Gasteiger partial charge in [-0.15, -0.1) is 0 Å². The maximum atomic E-state index is 12.6. The summed E-state index contributed by atoms with van der Waals surface area (Å²) in [6.07, 6.45) is 0. The van der Waals surface area contributed by atoms with Gasteiger partial charge in [0.15, 0.2) is 16.4 Å². The lowest BCUT2D eigenvalue weighted by atomic mass is 10.1. The molecule has 0 bridgehead atoms. The first-order chi connectivity index (χ1) is 11.2. The fourth-order valence-electron chi connectivity index (χ4n) is 2.26. The van der Waals surface area contributed by atoms with Crippen molar-refractivity contribution < 1.29 is 27.9 Å². The van der Waals surface area contributed by atoms with Gasteiger partial charge in [0.05, 0.1) is 5.75 Å². The van der Waals surface area contributed by atoms with E-state index < -0.39 is 28.5 Å². The van der Waals surface area contributed by atoms with Crippen LogP contribution < -0.4 is 4.74 Å². The quantitative estimate of drug-likeness (QED) is 0.717. The molecule has 0 fully saturated rings. The van der Waals surface area contributed by atoms with Crippen molar-refractivity contribution in [2.24, 2.45) is 0 Å². The molecular weight excluding hydrogens is 334 g/mol. The Bertz CT molecular complexity index is 686. The van der Waals surface area contributed by atoms with Crippen molar-refractivity contribution >= 4 is 21.7 Å². The highest BCUT2D eigenvalue weighted by Crippen LogP contribution is 2.17. The van der Waals surface area contributed by atoms with Crippen LogP contribution in [-0.4, -0.2) is 61.0 Å². The summed E-state index contributed by atoms with van der Waals surface area (Å²) in [5, 5.41) is 8.63. The van der Waals surface area contributed by atoms with Gasteiger partial charge in [-0.25, -0.2) is 13.2 Å². The number of aliphatic carboxylic acids is 1. The van der Waals surface area contributed by atoms with Crippen LogP contribution in [0.3, 0.4) is 0 Å². The van der Waals surface area contributed by atoms with Crippen molar-refractivity contribution in [3.8, 4) is 5.75 Å². The molecule has 0 spiro atoms. The van der Waals surface area contributed by atoms with Gasteiger partial charge in [0.25, 0.3) is 5.91 Å². The van der Waals surface area contributed by atoms with Gasteiger partial charge in [0.1, 0.15) is 5.75 Å². The van der Waals surface area contributed by atoms with Crippen LogP contribution in [0.25, 0.3) is 0 Å². The van der Waals surface area contributed by atoms with Crippen LogP contribution >= 0.6 is 0 Å². The maximum absolute atomic E-state index is 12.6. The normalized spacial score (nSPS) is 12.5. The van der Waals surface area contributed by atoms with Crippen LogP contribution in [0.15, 0.2) is 24.3 Å². The van der Waals surface area contributed by atoms with E-state index in [0.29, 0.717) is 12.1 Å². The Morgan fingerprint density at radius 3 is 2.50 bits per heavy atom. The van der Waals surface area contributed by atoms with E-state index in [2.05, 4.69) is 0 Å². The van der Waals surface area contributed by atoms with Crippen molar-refractivity contribution in [2.75, 3.05) is 24.7 Å². The topological polar surface area (TPSA) is 101 Å². The zero-order valence-electron chi connectivity index (χ0n) is 14.1. The monoisotopic (exact) mass is 357 g/mol. The molecule has 0 aliphatic rings. The molecule has 0 aromatic heterocycles. The average Bonchev–Trinajstić information content (AvgIpc) is 2.53. The number of carboxylic acid groups (broad SMARTS) is 1. The van der Waals surface area contributed by atoms with Crippen molar-refractivity contribution in [2.45, 2.75) is 26.8 Å². The molecule has 0 radical (unpaired) electrons. The van der Waals surface area contributed by atoms with Gasteiger partial charge in [0, 0.05) is 23.9 Å². The lowest BCUT2D eigenvalue weighted by Crippen LogP contribution is -2.42. The summed E-state index contributed by atoms with van der Waals surface area (Å²) in [6.45, 7) is 4.90. The Balaban J connectivity index is 2.93. The second-order valence-corrected chi connectivity index (χ2v) is 7.75. The number of ether oxygens (including phenoxy) is 1. The van der Waals surface area contributed by atoms with Gasteiger partial charge in [-0.3, -0.25) is 4.79 Å². The molecule has 7 nitrogen and oxygen atoms in total. The number of amides is 1. The Labute approximate surface area is 142 Å². The van der Waals surface area contributed by atoms with Crippen LogP contribution in [0.4, 0.5) is 0 Å². The number of nitrogens with zero attached hydrogens (tertiary/aromatic N) is 1. The third kappa shape index (κ3) is 5.84. The van der Waals surface area contributed by atoms with E-state index in [4.69, 9.17) is 9.84 Å². The Morgan fingerprint density at radius 2 is 1.96 bits per heavy atom. The van der Waals surface area contributed by atoms with Gasteiger partial charge in [0.2, 0.25) is 0 Å².